The largest absolute Gasteiger partial charge is 0.384 e. The molecule has 4 aromatic rings. The second kappa shape index (κ2) is 9.90. The van der Waals surface area contributed by atoms with E-state index in [1.807, 2.05) is 55.5 Å². The molecule has 2 unspecified atom stereocenters. The number of rotatable bonds is 5. The second-order valence-electron chi connectivity index (χ2n) is 10.6. The summed E-state index contributed by atoms with van der Waals surface area (Å²) < 4.78 is 39.7. The number of nitrogens with zero attached hydrogens (tertiary/aromatic N) is 1. The Labute approximate surface area is 235 Å². The Morgan fingerprint density at radius 3 is 2.54 bits per heavy atom. The molecular formula is C33H27F2N3O3. The fourth-order valence-corrected chi connectivity index (χ4v) is 6.15. The molecule has 8 heteroatoms. The lowest BCUT2D eigenvalue weighted by Gasteiger charge is -2.20. The van der Waals surface area contributed by atoms with Gasteiger partial charge in [0.25, 0.3) is 5.91 Å². The molecule has 7 rings (SSSR count). The number of aryl methyl sites for hydroxylation is 1. The summed E-state index contributed by atoms with van der Waals surface area (Å²) in [5.74, 6) is -0.995. The number of amides is 1. The summed E-state index contributed by atoms with van der Waals surface area (Å²) in [5, 5.41) is 3.06. The summed E-state index contributed by atoms with van der Waals surface area (Å²) >= 11 is 0. The van der Waals surface area contributed by atoms with Crippen molar-refractivity contribution in [3.8, 4) is 11.1 Å². The molecular weight excluding hydrogens is 524 g/mol. The van der Waals surface area contributed by atoms with Crippen molar-refractivity contribution in [1.29, 1.82) is 0 Å². The Morgan fingerprint density at radius 1 is 0.976 bits per heavy atom. The smallest absolute Gasteiger partial charge is 0.251 e. The molecule has 1 amide bonds. The fraction of sp³-hybridized carbons (Fsp3) is 0.212. The van der Waals surface area contributed by atoms with Crippen molar-refractivity contribution in [3.05, 3.63) is 123 Å². The third-order valence-electron chi connectivity index (χ3n) is 8.17. The zero-order chi connectivity index (χ0) is 28.2. The average Bonchev–Trinajstić information content (AvgIpc) is 3.53. The molecule has 3 aromatic carbocycles. The van der Waals surface area contributed by atoms with E-state index >= 15 is 0 Å². The molecule has 4 heterocycles. The van der Waals surface area contributed by atoms with Crippen LogP contribution in [0.5, 0.6) is 0 Å². The van der Waals surface area contributed by atoms with Gasteiger partial charge in [-0.05, 0) is 88.7 Å². The number of carbonyl (C=O) groups excluding carboxylic acids is 1. The number of nitrogen functional groups attached to an aromatic ring is 1. The van der Waals surface area contributed by atoms with Gasteiger partial charge in [-0.2, -0.15) is 0 Å². The first kappa shape index (κ1) is 25.6. The van der Waals surface area contributed by atoms with Gasteiger partial charge >= 0.3 is 0 Å². The standard InChI is InChI=1S/C33H27F2N3O3/c1-17-28(25(15-30(36)38-17)18-8-10-40-11-9-18)16-37-33(39)20-3-6-24-27(13-20)32-26-12-19(2-5-23(26)31(24)41-32)22-7-4-21(34)14-29(22)35/h2-8,12-15,31-32H,9-11,16H2,1H3,(H2,36,38)(H,37,39). The highest BCUT2D eigenvalue weighted by Crippen LogP contribution is 2.55. The van der Waals surface area contributed by atoms with Crippen molar-refractivity contribution < 1.29 is 23.0 Å². The molecule has 0 radical (unpaired) electrons. The molecule has 0 saturated heterocycles. The van der Waals surface area contributed by atoms with Crippen LogP contribution in [0.3, 0.4) is 0 Å². The van der Waals surface area contributed by atoms with Crippen LogP contribution in [0.1, 0.15) is 68.1 Å². The minimum absolute atomic E-state index is 0.207. The second-order valence-corrected chi connectivity index (χ2v) is 10.6. The molecule has 1 aromatic heterocycles. The highest BCUT2D eigenvalue weighted by molar-refractivity contribution is 5.94. The lowest BCUT2D eigenvalue weighted by molar-refractivity contribution is 0.0857. The summed E-state index contributed by atoms with van der Waals surface area (Å²) in [4.78, 5) is 17.8. The molecule has 0 fully saturated rings. The third kappa shape index (κ3) is 4.40. The van der Waals surface area contributed by atoms with Crippen molar-refractivity contribution in [2.45, 2.75) is 32.1 Å². The van der Waals surface area contributed by atoms with E-state index in [1.54, 1.807) is 0 Å². The van der Waals surface area contributed by atoms with Gasteiger partial charge in [-0.15, -0.1) is 0 Å². The first-order valence-electron chi connectivity index (χ1n) is 13.6. The van der Waals surface area contributed by atoms with Crippen LogP contribution in [0.25, 0.3) is 16.7 Å². The van der Waals surface area contributed by atoms with E-state index in [1.165, 1.54) is 12.1 Å². The number of hydrogen-bond donors (Lipinski definition) is 2. The summed E-state index contributed by atoms with van der Waals surface area (Å²) in [7, 11) is 0. The lowest BCUT2D eigenvalue weighted by atomic mass is 9.83. The van der Waals surface area contributed by atoms with Gasteiger partial charge in [-0.25, -0.2) is 13.8 Å². The lowest BCUT2D eigenvalue weighted by Crippen LogP contribution is -2.25. The minimum Gasteiger partial charge on any atom is -0.384 e. The number of carbonyl (C=O) groups is 1. The van der Waals surface area contributed by atoms with E-state index in [2.05, 4.69) is 10.3 Å². The molecule has 2 bridgehead atoms. The zero-order valence-corrected chi connectivity index (χ0v) is 22.3. The van der Waals surface area contributed by atoms with Crippen LogP contribution in [0.2, 0.25) is 0 Å². The number of halogens is 2. The monoisotopic (exact) mass is 551 g/mol. The number of anilines is 1. The van der Waals surface area contributed by atoms with E-state index in [-0.39, 0.29) is 18.1 Å². The van der Waals surface area contributed by atoms with Crippen molar-refractivity contribution in [2.75, 3.05) is 18.9 Å². The number of benzene rings is 3. The van der Waals surface area contributed by atoms with Gasteiger partial charge in [0.15, 0.2) is 0 Å². The number of hydrogen-bond acceptors (Lipinski definition) is 5. The quantitative estimate of drug-likeness (QED) is 0.310. The number of nitrogens with one attached hydrogen (secondary N) is 1. The molecule has 3 aliphatic rings. The zero-order valence-electron chi connectivity index (χ0n) is 22.3. The fourth-order valence-electron chi connectivity index (χ4n) is 6.15. The summed E-state index contributed by atoms with van der Waals surface area (Å²) in [6, 6.07) is 16.7. The molecule has 3 N–H and O–H groups in total. The summed E-state index contributed by atoms with van der Waals surface area (Å²) in [6.45, 7) is 3.39. The molecule has 41 heavy (non-hydrogen) atoms. The minimum atomic E-state index is -0.616. The van der Waals surface area contributed by atoms with Crippen molar-refractivity contribution >= 4 is 17.3 Å². The van der Waals surface area contributed by atoms with Crippen molar-refractivity contribution in [3.63, 3.8) is 0 Å². The van der Waals surface area contributed by atoms with Crippen molar-refractivity contribution in [2.24, 2.45) is 0 Å². The SMILES string of the molecule is Cc1nc(N)cc(C2=CCOCC2)c1CNC(=O)c1ccc2c(c1)C1OC2c2ccc(-c3ccc(F)cc3F)cc21. The van der Waals surface area contributed by atoms with Crippen LogP contribution in [0.15, 0.2) is 66.7 Å². The highest BCUT2D eigenvalue weighted by Gasteiger charge is 2.43. The summed E-state index contributed by atoms with van der Waals surface area (Å²) in [6.07, 6.45) is 2.21. The Morgan fingerprint density at radius 2 is 1.76 bits per heavy atom. The molecule has 0 aliphatic carbocycles. The first-order valence-corrected chi connectivity index (χ1v) is 13.6. The van der Waals surface area contributed by atoms with Crippen LogP contribution < -0.4 is 11.1 Å². The Kier molecular flexibility index (Phi) is 6.17. The van der Waals surface area contributed by atoms with E-state index in [0.29, 0.717) is 42.3 Å². The number of pyridine rings is 1. The van der Waals surface area contributed by atoms with Crippen LogP contribution in [-0.2, 0) is 16.0 Å². The van der Waals surface area contributed by atoms with Crippen molar-refractivity contribution in [1.82, 2.24) is 10.3 Å². The number of fused-ring (bicyclic) bond motifs is 8. The van der Waals surface area contributed by atoms with Gasteiger partial charge < -0.3 is 20.5 Å². The van der Waals surface area contributed by atoms with Crippen LogP contribution >= 0.6 is 0 Å². The maximum absolute atomic E-state index is 14.5. The molecule has 206 valence electrons. The van der Waals surface area contributed by atoms with Gasteiger partial charge in [0.2, 0.25) is 0 Å². The van der Waals surface area contributed by atoms with Gasteiger partial charge in [0.1, 0.15) is 29.7 Å². The maximum Gasteiger partial charge on any atom is 0.251 e. The topological polar surface area (TPSA) is 86.5 Å². The first-order chi connectivity index (χ1) is 19.9. The van der Waals surface area contributed by atoms with Gasteiger partial charge in [0.05, 0.1) is 13.2 Å². The van der Waals surface area contributed by atoms with Crippen LogP contribution in [-0.4, -0.2) is 24.1 Å². The predicted octanol–water partition coefficient (Wildman–Crippen LogP) is 6.17. The Balaban J connectivity index is 1.14. The molecule has 6 nitrogen and oxygen atoms in total. The average molecular weight is 552 g/mol. The van der Waals surface area contributed by atoms with E-state index in [4.69, 9.17) is 15.2 Å². The van der Waals surface area contributed by atoms with E-state index in [0.717, 1.165) is 57.1 Å². The number of ether oxygens (including phenoxy) is 2. The maximum atomic E-state index is 14.5. The van der Waals surface area contributed by atoms with Crippen LogP contribution in [0, 0.1) is 18.6 Å². The number of aromatic nitrogens is 1. The highest BCUT2D eigenvalue weighted by atomic mass is 19.1. The third-order valence-corrected chi connectivity index (χ3v) is 8.17. The molecule has 2 atom stereocenters. The molecule has 0 spiro atoms. The number of nitrogens with two attached hydrogens (primary N) is 1. The molecule has 0 saturated carbocycles. The van der Waals surface area contributed by atoms with E-state index < -0.39 is 11.6 Å². The van der Waals surface area contributed by atoms with Gasteiger partial charge in [-0.3, -0.25) is 4.79 Å². The van der Waals surface area contributed by atoms with Crippen LogP contribution in [0.4, 0.5) is 14.6 Å². The normalized spacial score (nSPS) is 18.6. The Bertz CT molecular complexity index is 1770. The van der Waals surface area contributed by atoms with Gasteiger partial charge in [0, 0.05) is 35.0 Å². The predicted molar refractivity (Wildman–Crippen MR) is 151 cm³/mol. The Hall–Kier alpha value is -4.40. The van der Waals surface area contributed by atoms with E-state index in [9.17, 15) is 13.6 Å². The molecule has 3 aliphatic heterocycles. The van der Waals surface area contributed by atoms with Gasteiger partial charge in [-0.1, -0.05) is 24.3 Å². The summed E-state index contributed by atoms with van der Waals surface area (Å²) in [5.41, 5.74) is 15.3.